The molecule has 1 saturated carbocycles. The SMILES string of the molecule is Cn1nc(C(=O)O)c2c1CCN(Cc1nc(C3CC3)no1)C2. The van der Waals surface area contributed by atoms with E-state index >= 15 is 0 Å². The zero-order chi connectivity index (χ0) is 15.3. The lowest BCUT2D eigenvalue weighted by Crippen LogP contribution is -2.31. The lowest BCUT2D eigenvalue weighted by Gasteiger charge is -2.25. The summed E-state index contributed by atoms with van der Waals surface area (Å²) in [6.45, 7) is 1.92. The molecule has 0 aromatic carbocycles. The number of aryl methyl sites for hydroxylation is 1. The molecule has 1 aliphatic carbocycles. The molecule has 3 heterocycles. The minimum Gasteiger partial charge on any atom is -0.476 e. The Bertz CT molecular complexity index is 731. The number of carboxylic acid groups (broad SMARTS) is 1. The number of aromatic carboxylic acids is 1. The van der Waals surface area contributed by atoms with Crippen LogP contribution in [-0.4, -0.2) is 42.4 Å². The van der Waals surface area contributed by atoms with E-state index in [1.54, 1.807) is 11.7 Å². The van der Waals surface area contributed by atoms with Crippen LogP contribution in [0.25, 0.3) is 0 Å². The van der Waals surface area contributed by atoms with Gasteiger partial charge in [0.1, 0.15) is 0 Å². The van der Waals surface area contributed by atoms with Gasteiger partial charge in [-0.1, -0.05) is 5.16 Å². The second-order valence-electron chi connectivity index (χ2n) is 5.98. The summed E-state index contributed by atoms with van der Waals surface area (Å²) in [4.78, 5) is 17.9. The first-order valence-corrected chi connectivity index (χ1v) is 7.44. The molecule has 0 radical (unpaired) electrons. The molecule has 22 heavy (non-hydrogen) atoms. The van der Waals surface area contributed by atoms with E-state index in [9.17, 15) is 9.90 Å². The number of fused-ring (bicyclic) bond motifs is 1. The van der Waals surface area contributed by atoms with Crippen molar-refractivity contribution in [1.82, 2.24) is 24.8 Å². The van der Waals surface area contributed by atoms with Gasteiger partial charge in [-0.05, 0) is 12.8 Å². The van der Waals surface area contributed by atoms with E-state index in [-0.39, 0.29) is 5.69 Å². The van der Waals surface area contributed by atoms with E-state index in [0.717, 1.165) is 42.9 Å². The summed E-state index contributed by atoms with van der Waals surface area (Å²) in [5.74, 6) is 0.904. The van der Waals surface area contributed by atoms with E-state index < -0.39 is 5.97 Å². The number of carboxylic acids is 1. The highest BCUT2D eigenvalue weighted by atomic mass is 16.5. The molecule has 4 rings (SSSR count). The Labute approximate surface area is 126 Å². The zero-order valence-electron chi connectivity index (χ0n) is 12.3. The van der Waals surface area contributed by atoms with E-state index in [4.69, 9.17) is 4.52 Å². The smallest absolute Gasteiger partial charge is 0.356 e. The largest absolute Gasteiger partial charge is 0.476 e. The van der Waals surface area contributed by atoms with Crippen molar-refractivity contribution in [2.75, 3.05) is 6.54 Å². The number of aromatic nitrogens is 4. The summed E-state index contributed by atoms with van der Waals surface area (Å²) >= 11 is 0. The highest BCUT2D eigenvalue weighted by Crippen LogP contribution is 2.38. The molecule has 1 fully saturated rings. The average molecular weight is 303 g/mol. The minimum absolute atomic E-state index is 0.145. The van der Waals surface area contributed by atoms with Gasteiger partial charge < -0.3 is 9.63 Å². The van der Waals surface area contributed by atoms with Crippen LogP contribution in [0.3, 0.4) is 0 Å². The third-order valence-electron chi connectivity index (χ3n) is 4.31. The Kier molecular flexibility index (Phi) is 3.00. The van der Waals surface area contributed by atoms with Crippen LogP contribution < -0.4 is 0 Å². The highest BCUT2D eigenvalue weighted by Gasteiger charge is 2.30. The van der Waals surface area contributed by atoms with Crippen LogP contribution in [0.5, 0.6) is 0 Å². The van der Waals surface area contributed by atoms with Crippen molar-refractivity contribution in [2.24, 2.45) is 7.05 Å². The summed E-state index contributed by atoms with van der Waals surface area (Å²) in [6, 6.07) is 0. The fraction of sp³-hybridized carbons (Fsp3) is 0.571. The molecule has 2 aromatic rings. The third-order valence-corrected chi connectivity index (χ3v) is 4.31. The number of hydrogen-bond donors (Lipinski definition) is 1. The van der Waals surface area contributed by atoms with Crippen molar-refractivity contribution in [3.05, 3.63) is 28.7 Å². The predicted octanol–water partition coefficient (Wildman–Crippen LogP) is 0.937. The van der Waals surface area contributed by atoms with Crippen molar-refractivity contribution in [3.8, 4) is 0 Å². The Morgan fingerprint density at radius 2 is 2.27 bits per heavy atom. The molecule has 8 heteroatoms. The molecular formula is C14H17N5O3. The van der Waals surface area contributed by atoms with Gasteiger partial charge in [-0.2, -0.15) is 10.1 Å². The lowest BCUT2D eigenvalue weighted by atomic mass is 10.1. The van der Waals surface area contributed by atoms with Crippen LogP contribution >= 0.6 is 0 Å². The fourth-order valence-electron chi connectivity index (χ4n) is 2.99. The fourth-order valence-corrected chi connectivity index (χ4v) is 2.99. The molecule has 1 aliphatic heterocycles. The Hall–Kier alpha value is -2.22. The third kappa shape index (κ3) is 2.29. The Morgan fingerprint density at radius 1 is 1.45 bits per heavy atom. The number of rotatable bonds is 4. The summed E-state index contributed by atoms with van der Waals surface area (Å²) in [7, 11) is 1.79. The van der Waals surface area contributed by atoms with Crippen LogP contribution in [0, 0.1) is 0 Å². The molecule has 116 valence electrons. The molecule has 2 aliphatic rings. The normalized spacial score (nSPS) is 18.4. The van der Waals surface area contributed by atoms with Gasteiger partial charge in [0.2, 0.25) is 5.89 Å². The van der Waals surface area contributed by atoms with Gasteiger partial charge in [0.25, 0.3) is 0 Å². The molecule has 0 bridgehead atoms. The van der Waals surface area contributed by atoms with Crippen LogP contribution in [-0.2, 0) is 26.6 Å². The maximum atomic E-state index is 11.3. The van der Waals surface area contributed by atoms with E-state index in [1.165, 1.54) is 0 Å². The quantitative estimate of drug-likeness (QED) is 0.897. The summed E-state index contributed by atoms with van der Waals surface area (Å²) in [6.07, 6.45) is 3.06. The standard InChI is InChI=1S/C14H17N5O3/c1-18-10-4-5-19(6-9(10)12(16-18)14(20)21)7-11-15-13(17-22-11)8-2-3-8/h8H,2-7H2,1H3,(H,20,21). The molecule has 0 spiro atoms. The van der Waals surface area contributed by atoms with Crippen molar-refractivity contribution < 1.29 is 14.4 Å². The molecule has 1 N–H and O–H groups in total. The average Bonchev–Trinajstić information content (AvgIpc) is 3.15. The molecule has 8 nitrogen and oxygen atoms in total. The zero-order valence-corrected chi connectivity index (χ0v) is 12.3. The van der Waals surface area contributed by atoms with Crippen LogP contribution in [0.15, 0.2) is 4.52 Å². The minimum atomic E-state index is -0.979. The highest BCUT2D eigenvalue weighted by molar-refractivity contribution is 5.87. The molecular weight excluding hydrogens is 286 g/mol. The second-order valence-corrected chi connectivity index (χ2v) is 5.98. The molecule has 0 unspecified atom stereocenters. The summed E-state index contributed by atoms with van der Waals surface area (Å²) < 4.78 is 6.97. The molecule has 0 atom stereocenters. The molecule has 0 saturated heterocycles. The lowest BCUT2D eigenvalue weighted by molar-refractivity contribution is 0.0686. The predicted molar refractivity (Wildman–Crippen MR) is 74.3 cm³/mol. The van der Waals surface area contributed by atoms with Gasteiger partial charge in [0.05, 0.1) is 6.54 Å². The number of nitrogens with zero attached hydrogens (tertiary/aromatic N) is 5. The summed E-state index contributed by atoms with van der Waals surface area (Å²) in [5, 5.41) is 17.4. The second kappa shape index (κ2) is 4.91. The first kappa shape index (κ1) is 13.4. The first-order valence-electron chi connectivity index (χ1n) is 7.44. The maximum absolute atomic E-state index is 11.3. The first-order chi connectivity index (χ1) is 10.6. The van der Waals surface area contributed by atoms with Gasteiger partial charge in [0, 0.05) is 43.7 Å². The Morgan fingerprint density at radius 3 is 3.00 bits per heavy atom. The van der Waals surface area contributed by atoms with Crippen molar-refractivity contribution in [2.45, 2.75) is 38.3 Å². The van der Waals surface area contributed by atoms with Crippen molar-refractivity contribution >= 4 is 5.97 Å². The van der Waals surface area contributed by atoms with E-state index in [1.807, 2.05) is 0 Å². The Balaban J connectivity index is 1.52. The van der Waals surface area contributed by atoms with Crippen LogP contribution in [0.2, 0.25) is 0 Å². The maximum Gasteiger partial charge on any atom is 0.356 e. The van der Waals surface area contributed by atoms with Gasteiger partial charge >= 0.3 is 5.97 Å². The van der Waals surface area contributed by atoms with Gasteiger partial charge in [-0.25, -0.2) is 4.79 Å². The van der Waals surface area contributed by atoms with Gasteiger partial charge in [-0.3, -0.25) is 9.58 Å². The van der Waals surface area contributed by atoms with Crippen molar-refractivity contribution in [3.63, 3.8) is 0 Å². The summed E-state index contributed by atoms with van der Waals surface area (Å²) in [5.41, 5.74) is 1.94. The van der Waals surface area contributed by atoms with Crippen LogP contribution in [0.4, 0.5) is 0 Å². The van der Waals surface area contributed by atoms with E-state index in [0.29, 0.717) is 24.9 Å². The molecule has 2 aromatic heterocycles. The monoisotopic (exact) mass is 303 g/mol. The van der Waals surface area contributed by atoms with Crippen molar-refractivity contribution in [1.29, 1.82) is 0 Å². The van der Waals surface area contributed by atoms with Gasteiger partial charge in [-0.15, -0.1) is 0 Å². The topological polar surface area (TPSA) is 97.3 Å². The van der Waals surface area contributed by atoms with Crippen LogP contribution in [0.1, 0.15) is 52.2 Å². The number of carbonyl (C=O) groups is 1. The van der Waals surface area contributed by atoms with Gasteiger partial charge in [0.15, 0.2) is 11.5 Å². The van der Waals surface area contributed by atoms with E-state index in [2.05, 4.69) is 20.1 Å². The number of hydrogen-bond acceptors (Lipinski definition) is 6. The molecule has 0 amide bonds.